The van der Waals surface area contributed by atoms with Gasteiger partial charge < -0.3 is 10.2 Å². The Kier molecular flexibility index (Phi) is 5.13. The van der Waals surface area contributed by atoms with Crippen LogP contribution < -0.4 is 5.32 Å². The summed E-state index contributed by atoms with van der Waals surface area (Å²) in [5.41, 5.74) is 3.81. The zero-order valence-corrected chi connectivity index (χ0v) is 14.8. The third-order valence-electron chi connectivity index (χ3n) is 4.78. The molecule has 1 aromatic carbocycles. The van der Waals surface area contributed by atoms with E-state index < -0.39 is 0 Å². The van der Waals surface area contributed by atoms with Gasteiger partial charge in [0.15, 0.2) is 5.69 Å². The summed E-state index contributed by atoms with van der Waals surface area (Å²) in [6.45, 7) is 2.16. The highest BCUT2D eigenvalue weighted by atomic mass is 35.5. The third-order valence-corrected chi connectivity index (χ3v) is 5.12. The van der Waals surface area contributed by atoms with Gasteiger partial charge in [-0.25, -0.2) is 0 Å². The van der Waals surface area contributed by atoms with E-state index in [0.717, 1.165) is 42.6 Å². The number of hydrogen-bond acceptors (Lipinski definition) is 3. The maximum absolute atomic E-state index is 13.1. The van der Waals surface area contributed by atoms with E-state index >= 15 is 0 Å². The molecule has 0 saturated carbocycles. The first kappa shape index (κ1) is 17.3. The Morgan fingerprint density at radius 2 is 2.12 bits per heavy atom. The molecule has 0 spiro atoms. The van der Waals surface area contributed by atoms with Gasteiger partial charge in [-0.3, -0.25) is 9.89 Å². The fraction of sp³-hybridized carbons (Fsp3) is 0.412. The maximum atomic E-state index is 13.1. The van der Waals surface area contributed by atoms with E-state index in [1.807, 2.05) is 29.2 Å². The molecule has 1 amide bonds. The molecule has 1 saturated heterocycles. The standard InChI is InChI=1S/C17H19ClN4O.ClH/c18-13-6-2-1-4-11(13)15-10-19-8-9-22(15)17(23)16-12-5-3-7-14(12)20-21-16;/h1-2,4,6,15,19H,3,5,7-10H2,(H,20,21);1H. The van der Waals surface area contributed by atoms with Crippen molar-refractivity contribution in [2.45, 2.75) is 25.3 Å². The lowest BCUT2D eigenvalue weighted by Crippen LogP contribution is -2.49. The summed E-state index contributed by atoms with van der Waals surface area (Å²) >= 11 is 6.36. The monoisotopic (exact) mass is 366 g/mol. The first-order valence-electron chi connectivity index (χ1n) is 8.08. The van der Waals surface area contributed by atoms with Gasteiger partial charge >= 0.3 is 0 Å². The van der Waals surface area contributed by atoms with Gasteiger partial charge in [0.2, 0.25) is 0 Å². The largest absolute Gasteiger partial charge is 0.328 e. The van der Waals surface area contributed by atoms with Crippen LogP contribution in [0.5, 0.6) is 0 Å². The first-order chi connectivity index (χ1) is 11.3. The topological polar surface area (TPSA) is 61.0 Å². The van der Waals surface area contributed by atoms with E-state index in [2.05, 4.69) is 15.5 Å². The van der Waals surface area contributed by atoms with Crippen molar-refractivity contribution < 1.29 is 4.79 Å². The second kappa shape index (κ2) is 7.13. The van der Waals surface area contributed by atoms with E-state index in [1.165, 1.54) is 0 Å². The minimum absolute atomic E-state index is 0. The number of fused-ring (bicyclic) bond motifs is 1. The highest BCUT2D eigenvalue weighted by Gasteiger charge is 2.33. The average Bonchev–Trinajstić information content (AvgIpc) is 3.18. The Balaban J connectivity index is 0.00000169. The smallest absolute Gasteiger partial charge is 0.275 e. The van der Waals surface area contributed by atoms with Crippen molar-refractivity contribution in [1.82, 2.24) is 20.4 Å². The highest BCUT2D eigenvalue weighted by molar-refractivity contribution is 6.31. The molecule has 2 aromatic rings. The van der Waals surface area contributed by atoms with Gasteiger partial charge in [-0.2, -0.15) is 5.10 Å². The summed E-state index contributed by atoms with van der Waals surface area (Å²) in [6, 6.07) is 7.69. The number of carbonyl (C=O) groups excluding carboxylic acids is 1. The van der Waals surface area contributed by atoms with E-state index in [9.17, 15) is 4.79 Å². The lowest BCUT2D eigenvalue weighted by atomic mass is 10.0. The normalized spacial score (nSPS) is 19.7. The van der Waals surface area contributed by atoms with Crippen LogP contribution in [0.25, 0.3) is 0 Å². The maximum Gasteiger partial charge on any atom is 0.275 e. The van der Waals surface area contributed by atoms with Crippen LogP contribution in [-0.2, 0) is 12.8 Å². The van der Waals surface area contributed by atoms with Crippen LogP contribution in [0.1, 0.15) is 39.8 Å². The SMILES string of the molecule is Cl.O=C(c1n[nH]c2c1CCC2)N1CCNCC1c1ccccc1Cl. The number of aromatic amines is 1. The molecule has 24 heavy (non-hydrogen) atoms. The number of nitrogens with one attached hydrogen (secondary N) is 2. The number of nitrogens with zero attached hydrogens (tertiary/aromatic N) is 2. The number of amides is 1. The second-order valence-corrected chi connectivity index (χ2v) is 6.53. The molecule has 1 aliphatic carbocycles. The molecule has 1 fully saturated rings. The molecule has 0 radical (unpaired) electrons. The number of aryl methyl sites for hydroxylation is 1. The minimum atomic E-state index is -0.0568. The number of aromatic nitrogens is 2. The summed E-state index contributed by atoms with van der Waals surface area (Å²) in [5, 5.41) is 11.4. The molecule has 2 heterocycles. The molecule has 2 N–H and O–H groups in total. The average molecular weight is 367 g/mol. The molecule has 7 heteroatoms. The number of hydrogen-bond donors (Lipinski definition) is 2. The molecule has 1 atom stereocenters. The van der Waals surface area contributed by atoms with Crippen molar-refractivity contribution in [3.8, 4) is 0 Å². The van der Waals surface area contributed by atoms with Gasteiger partial charge in [0.1, 0.15) is 0 Å². The summed E-state index contributed by atoms with van der Waals surface area (Å²) in [4.78, 5) is 15.0. The van der Waals surface area contributed by atoms with Gasteiger partial charge in [0, 0.05) is 35.9 Å². The van der Waals surface area contributed by atoms with Crippen molar-refractivity contribution >= 4 is 29.9 Å². The summed E-state index contributed by atoms with van der Waals surface area (Å²) < 4.78 is 0. The third kappa shape index (κ3) is 2.92. The zero-order valence-electron chi connectivity index (χ0n) is 13.2. The van der Waals surface area contributed by atoms with Crippen LogP contribution in [0, 0.1) is 0 Å². The second-order valence-electron chi connectivity index (χ2n) is 6.12. The van der Waals surface area contributed by atoms with Gasteiger partial charge in [-0.05, 0) is 30.9 Å². The molecular weight excluding hydrogens is 347 g/mol. The molecule has 1 aliphatic heterocycles. The number of piperazine rings is 1. The van der Waals surface area contributed by atoms with Gasteiger partial charge in [0.25, 0.3) is 5.91 Å². The van der Waals surface area contributed by atoms with Gasteiger partial charge in [-0.1, -0.05) is 29.8 Å². The number of rotatable bonds is 2. The molecule has 1 unspecified atom stereocenters. The van der Waals surface area contributed by atoms with Crippen LogP contribution in [0.15, 0.2) is 24.3 Å². The van der Waals surface area contributed by atoms with Crippen LogP contribution in [0.3, 0.4) is 0 Å². The lowest BCUT2D eigenvalue weighted by molar-refractivity contribution is 0.0627. The Morgan fingerprint density at radius 3 is 2.96 bits per heavy atom. The van der Waals surface area contributed by atoms with Crippen LogP contribution in [0.4, 0.5) is 0 Å². The quantitative estimate of drug-likeness (QED) is 0.858. The van der Waals surface area contributed by atoms with E-state index in [0.29, 0.717) is 23.8 Å². The molecule has 2 aliphatic rings. The van der Waals surface area contributed by atoms with Crippen LogP contribution >= 0.6 is 24.0 Å². The van der Waals surface area contributed by atoms with Crippen molar-refractivity contribution in [2.75, 3.05) is 19.6 Å². The van der Waals surface area contributed by atoms with Crippen molar-refractivity contribution in [3.63, 3.8) is 0 Å². The summed E-state index contributed by atoms with van der Waals surface area (Å²) in [5.74, 6) is 0.0100. The number of benzene rings is 1. The number of carbonyl (C=O) groups is 1. The first-order valence-corrected chi connectivity index (χ1v) is 8.45. The zero-order chi connectivity index (χ0) is 15.8. The van der Waals surface area contributed by atoms with E-state index in [1.54, 1.807) is 0 Å². The van der Waals surface area contributed by atoms with Crippen LogP contribution in [0.2, 0.25) is 5.02 Å². The molecule has 0 bridgehead atoms. The van der Waals surface area contributed by atoms with Crippen molar-refractivity contribution in [2.24, 2.45) is 0 Å². The summed E-state index contributed by atoms with van der Waals surface area (Å²) in [7, 11) is 0. The Hall–Kier alpha value is -1.56. The Morgan fingerprint density at radius 1 is 1.29 bits per heavy atom. The number of halogens is 2. The molecule has 128 valence electrons. The molecule has 1 aromatic heterocycles. The minimum Gasteiger partial charge on any atom is -0.328 e. The number of H-pyrrole nitrogens is 1. The Bertz CT molecular complexity index is 746. The van der Waals surface area contributed by atoms with E-state index in [-0.39, 0.29) is 24.4 Å². The van der Waals surface area contributed by atoms with Gasteiger partial charge in [0.05, 0.1) is 6.04 Å². The van der Waals surface area contributed by atoms with Crippen molar-refractivity contribution in [3.05, 3.63) is 51.8 Å². The molecule has 4 rings (SSSR count). The Labute approximate surface area is 152 Å². The lowest BCUT2D eigenvalue weighted by Gasteiger charge is -2.36. The fourth-order valence-electron chi connectivity index (χ4n) is 3.60. The van der Waals surface area contributed by atoms with E-state index in [4.69, 9.17) is 11.6 Å². The fourth-order valence-corrected chi connectivity index (χ4v) is 3.86. The van der Waals surface area contributed by atoms with Crippen molar-refractivity contribution in [1.29, 1.82) is 0 Å². The highest BCUT2D eigenvalue weighted by Crippen LogP contribution is 2.31. The molecular formula is C17H20Cl2N4O. The molecule has 5 nitrogen and oxygen atoms in total. The summed E-state index contributed by atoms with van der Waals surface area (Å²) in [6.07, 6.45) is 3.03. The van der Waals surface area contributed by atoms with Crippen LogP contribution in [-0.4, -0.2) is 40.6 Å². The predicted octanol–water partition coefficient (Wildman–Crippen LogP) is 2.76. The van der Waals surface area contributed by atoms with Gasteiger partial charge in [-0.15, -0.1) is 12.4 Å². The predicted molar refractivity (Wildman–Crippen MR) is 96.0 cm³/mol.